The van der Waals surface area contributed by atoms with Crippen LogP contribution >= 0.6 is 35.7 Å². The van der Waals surface area contributed by atoms with Crippen molar-refractivity contribution in [1.82, 2.24) is 4.90 Å². The van der Waals surface area contributed by atoms with Crippen LogP contribution < -0.4 is 5.73 Å². The number of thioether (sulfide) groups is 1. The highest BCUT2D eigenvalue weighted by atomic mass is 127. The highest BCUT2D eigenvalue weighted by molar-refractivity contribution is 14.0. The molecule has 0 spiro atoms. The molecule has 1 aromatic carbocycles. The van der Waals surface area contributed by atoms with Crippen molar-refractivity contribution >= 4 is 41.7 Å². The van der Waals surface area contributed by atoms with Gasteiger partial charge in [-0.15, -0.1) is 24.0 Å². The number of nitrogens with zero attached hydrogens (tertiary/aromatic N) is 2. The van der Waals surface area contributed by atoms with Gasteiger partial charge >= 0.3 is 0 Å². The molecule has 1 aliphatic rings. The maximum absolute atomic E-state index is 13.4. The van der Waals surface area contributed by atoms with Gasteiger partial charge in [0.25, 0.3) is 0 Å². The number of rotatable bonds is 3. The molecule has 20 heavy (non-hydrogen) atoms. The van der Waals surface area contributed by atoms with E-state index in [9.17, 15) is 8.78 Å². The number of aliphatic imine (C=N–C) groups is 1. The largest absolute Gasteiger partial charge is 0.370 e. The van der Waals surface area contributed by atoms with Gasteiger partial charge in [-0.05, 0) is 30.2 Å². The maximum atomic E-state index is 13.4. The van der Waals surface area contributed by atoms with Gasteiger partial charge in [-0.25, -0.2) is 8.78 Å². The Morgan fingerprint density at radius 1 is 1.30 bits per heavy atom. The molecule has 0 aliphatic carbocycles. The lowest BCUT2D eigenvalue weighted by Crippen LogP contribution is -2.42. The first-order valence-corrected chi connectivity index (χ1v) is 7.39. The van der Waals surface area contributed by atoms with E-state index in [1.165, 1.54) is 6.07 Å². The molecular formula is C13H18F2IN3S. The van der Waals surface area contributed by atoms with Crippen molar-refractivity contribution in [3.05, 3.63) is 35.4 Å². The smallest absolute Gasteiger partial charge is 0.191 e. The van der Waals surface area contributed by atoms with Gasteiger partial charge in [-0.2, -0.15) is 11.8 Å². The van der Waals surface area contributed by atoms with Crippen molar-refractivity contribution in [2.75, 3.05) is 31.1 Å². The molecule has 0 aromatic heterocycles. The molecule has 0 atom stereocenters. The first-order chi connectivity index (χ1) is 9.16. The van der Waals surface area contributed by atoms with Crippen LogP contribution in [0, 0.1) is 11.6 Å². The predicted molar refractivity (Wildman–Crippen MR) is 90.9 cm³/mol. The Kier molecular flexibility index (Phi) is 7.57. The van der Waals surface area contributed by atoms with Crippen molar-refractivity contribution in [3.63, 3.8) is 0 Å². The van der Waals surface area contributed by atoms with Crippen LogP contribution in [0.3, 0.4) is 0 Å². The fourth-order valence-corrected chi connectivity index (χ4v) is 2.82. The minimum atomic E-state index is -0.429. The molecule has 1 fully saturated rings. The lowest BCUT2D eigenvalue weighted by Gasteiger charge is -2.27. The standard InChI is InChI=1S/C13H17F2N3S.HI/c14-11-1-2-12(15)10(9-11)3-4-17-13(16)18-5-7-19-8-6-18;/h1-2,9H,3-8H2,(H2,16,17);1H. The summed E-state index contributed by atoms with van der Waals surface area (Å²) < 4.78 is 26.4. The summed E-state index contributed by atoms with van der Waals surface area (Å²) in [6, 6.07) is 3.46. The summed E-state index contributed by atoms with van der Waals surface area (Å²) >= 11 is 1.90. The molecule has 1 aromatic rings. The first kappa shape index (κ1) is 17.5. The van der Waals surface area contributed by atoms with E-state index in [2.05, 4.69) is 4.99 Å². The van der Waals surface area contributed by atoms with E-state index in [-0.39, 0.29) is 24.0 Å². The topological polar surface area (TPSA) is 41.6 Å². The van der Waals surface area contributed by atoms with Gasteiger partial charge in [0.15, 0.2) is 5.96 Å². The first-order valence-electron chi connectivity index (χ1n) is 6.23. The van der Waals surface area contributed by atoms with E-state index < -0.39 is 11.6 Å². The van der Waals surface area contributed by atoms with Crippen molar-refractivity contribution in [2.45, 2.75) is 6.42 Å². The molecule has 0 saturated carbocycles. The average Bonchev–Trinajstić information content (AvgIpc) is 2.43. The van der Waals surface area contributed by atoms with Gasteiger partial charge in [-0.1, -0.05) is 0 Å². The molecule has 0 bridgehead atoms. The summed E-state index contributed by atoms with van der Waals surface area (Å²) in [6.45, 7) is 2.17. The van der Waals surface area contributed by atoms with E-state index in [1.807, 2.05) is 16.7 Å². The van der Waals surface area contributed by atoms with E-state index in [1.54, 1.807) is 0 Å². The number of nitrogens with two attached hydrogens (primary N) is 1. The van der Waals surface area contributed by atoms with Crippen LogP contribution in [0.5, 0.6) is 0 Å². The highest BCUT2D eigenvalue weighted by Crippen LogP contribution is 2.11. The Labute approximate surface area is 139 Å². The van der Waals surface area contributed by atoms with E-state index >= 15 is 0 Å². The van der Waals surface area contributed by atoms with E-state index in [4.69, 9.17) is 5.73 Å². The minimum Gasteiger partial charge on any atom is -0.370 e. The van der Waals surface area contributed by atoms with Crippen LogP contribution in [0.15, 0.2) is 23.2 Å². The molecule has 1 heterocycles. The second kappa shape index (κ2) is 8.66. The maximum Gasteiger partial charge on any atom is 0.191 e. The molecule has 0 unspecified atom stereocenters. The molecular weight excluding hydrogens is 395 g/mol. The lowest BCUT2D eigenvalue weighted by molar-refractivity contribution is 0.456. The van der Waals surface area contributed by atoms with Crippen LogP contribution in [0.2, 0.25) is 0 Å². The summed E-state index contributed by atoms with van der Waals surface area (Å²) in [5, 5.41) is 0. The fourth-order valence-electron chi connectivity index (χ4n) is 1.92. The number of guanidine groups is 1. The Balaban J connectivity index is 0.00000200. The number of hydrogen-bond acceptors (Lipinski definition) is 2. The fraction of sp³-hybridized carbons (Fsp3) is 0.462. The molecule has 7 heteroatoms. The van der Waals surface area contributed by atoms with Gasteiger partial charge < -0.3 is 10.6 Å². The third kappa shape index (κ3) is 5.08. The van der Waals surface area contributed by atoms with E-state index in [0.29, 0.717) is 24.5 Å². The van der Waals surface area contributed by atoms with E-state index in [0.717, 1.165) is 36.7 Å². The lowest BCUT2D eigenvalue weighted by atomic mass is 10.1. The zero-order chi connectivity index (χ0) is 13.7. The summed E-state index contributed by atoms with van der Waals surface area (Å²) in [4.78, 5) is 6.26. The summed E-state index contributed by atoms with van der Waals surface area (Å²) in [5.41, 5.74) is 6.22. The number of halogens is 3. The third-order valence-electron chi connectivity index (χ3n) is 3.00. The van der Waals surface area contributed by atoms with Crippen LogP contribution in [0.4, 0.5) is 8.78 Å². The van der Waals surface area contributed by atoms with Crippen LogP contribution in [0.1, 0.15) is 5.56 Å². The zero-order valence-corrected chi connectivity index (χ0v) is 14.2. The van der Waals surface area contributed by atoms with Gasteiger partial charge in [0, 0.05) is 31.1 Å². The van der Waals surface area contributed by atoms with Gasteiger partial charge in [-0.3, -0.25) is 4.99 Å². The zero-order valence-electron chi connectivity index (χ0n) is 11.0. The van der Waals surface area contributed by atoms with Crippen LogP contribution in [0.25, 0.3) is 0 Å². The van der Waals surface area contributed by atoms with Crippen molar-refractivity contribution in [3.8, 4) is 0 Å². The quantitative estimate of drug-likeness (QED) is 0.471. The molecule has 2 N–H and O–H groups in total. The Morgan fingerprint density at radius 3 is 2.70 bits per heavy atom. The molecule has 0 amide bonds. The normalized spacial score (nSPS) is 15.9. The second-order valence-corrected chi connectivity index (χ2v) is 5.55. The monoisotopic (exact) mass is 413 g/mol. The average molecular weight is 413 g/mol. The van der Waals surface area contributed by atoms with Gasteiger partial charge in [0.2, 0.25) is 0 Å². The molecule has 1 aliphatic heterocycles. The molecule has 2 rings (SSSR count). The summed E-state index contributed by atoms with van der Waals surface area (Å²) in [6.07, 6.45) is 0.354. The van der Waals surface area contributed by atoms with Gasteiger partial charge in [0.05, 0.1) is 0 Å². The Morgan fingerprint density at radius 2 is 2.00 bits per heavy atom. The molecule has 0 radical (unpaired) electrons. The molecule has 1 saturated heterocycles. The van der Waals surface area contributed by atoms with Crippen molar-refractivity contribution < 1.29 is 8.78 Å². The van der Waals surface area contributed by atoms with Crippen LogP contribution in [-0.4, -0.2) is 42.0 Å². The third-order valence-corrected chi connectivity index (χ3v) is 3.94. The van der Waals surface area contributed by atoms with Crippen LogP contribution in [-0.2, 0) is 6.42 Å². The summed E-state index contributed by atoms with van der Waals surface area (Å²) in [7, 11) is 0. The second-order valence-electron chi connectivity index (χ2n) is 4.33. The number of hydrogen-bond donors (Lipinski definition) is 1. The summed E-state index contributed by atoms with van der Waals surface area (Å²) in [5.74, 6) is 1.77. The highest BCUT2D eigenvalue weighted by Gasteiger charge is 2.12. The molecule has 3 nitrogen and oxygen atoms in total. The minimum absolute atomic E-state index is 0. The Bertz CT molecular complexity index is 465. The predicted octanol–water partition coefficient (Wildman–Crippen LogP) is 2.49. The molecule has 112 valence electrons. The Hall–Kier alpha value is -0.570. The SMILES string of the molecule is I.NC(=NCCc1cc(F)ccc1F)N1CCSCC1. The number of benzene rings is 1. The van der Waals surface area contributed by atoms with Crippen molar-refractivity contribution in [2.24, 2.45) is 10.7 Å². The van der Waals surface area contributed by atoms with Gasteiger partial charge in [0.1, 0.15) is 11.6 Å². The van der Waals surface area contributed by atoms with Crippen molar-refractivity contribution in [1.29, 1.82) is 0 Å².